The molecule has 0 radical (unpaired) electrons. The third-order valence-electron chi connectivity index (χ3n) is 2.83. The van der Waals surface area contributed by atoms with E-state index in [0.29, 0.717) is 28.4 Å². The van der Waals surface area contributed by atoms with Gasteiger partial charge in [-0.05, 0) is 51.8 Å². The van der Waals surface area contributed by atoms with Crippen LogP contribution in [-0.2, 0) is 13.0 Å². The molecule has 1 N–H and O–H groups in total. The maximum absolute atomic E-state index is 10.2. The largest absolute Gasteiger partial charge is 0.450 e. The fourth-order valence-corrected chi connectivity index (χ4v) is 2.70. The smallest absolute Gasteiger partial charge is 0.183 e. The average molecular weight is 413 g/mol. The number of aliphatic hydroxyl groups excluding tert-OH is 1. The van der Waals surface area contributed by atoms with Crippen molar-refractivity contribution in [1.82, 2.24) is 9.78 Å². The van der Waals surface area contributed by atoms with E-state index < -0.39 is 6.10 Å². The van der Waals surface area contributed by atoms with Crippen LogP contribution in [0, 0.1) is 6.92 Å². The topological polar surface area (TPSA) is 51.2 Å². The van der Waals surface area contributed by atoms with E-state index in [2.05, 4.69) is 37.0 Å². The summed E-state index contributed by atoms with van der Waals surface area (Å²) in [5, 5.41) is 15.2. The van der Waals surface area contributed by atoms with Crippen LogP contribution in [0.4, 0.5) is 0 Å². The standard InChI is InChI=1S/C12H13Br2ClN2O2/c1-3-17-8(11(15)6(2)16-17)5-9(18)10-4-7(13)12(14)19-10/h4,9,18H,3,5H2,1-2H3. The number of furan rings is 1. The van der Waals surface area contributed by atoms with Gasteiger partial charge in [0.2, 0.25) is 0 Å². The third kappa shape index (κ3) is 3.07. The molecule has 2 aromatic rings. The van der Waals surface area contributed by atoms with Gasteiger partial charge < -0.3 is 9.52 Å². The molecule has 0 saturated carbocycles. The van der Waals surface area contributed by atoms with Crippen LogP contribution in [0.3, 0.4) is 0 Å². The van der Waals surface area contributed by atoms with Gasteiger partial charge in [-0.3, -0.25) is 4.68 Å². The van der Waals surface area contributed by atoms with E-state index in [9.17, 15) is 5.11 Å². The maximum atomic E-state index is 10.2. The molecule has 4 nitrogen and oxygen atoms in total. The first-order valence-electron chi connectivity index (χ1n) is 5.78. The van der Waals surface area contributed by atoms with Gasteiger partial charge in [-0.25, -0.2) is 0 Å². The molecule has 0 bridgehead atoms. The van der Waals surface area contributed by atoms with E-state index in [1.807, 2.05) is 13.8 Å². The molecule has 0 amide bonds. The second-order valence-corrected chi connectivity index (χ2v) is 6.10. The van der Waals surface area contributed by atoms with Gasteiger partial charge in [0.15, 0.2) is 4.67 Å². The van der Waals surface area contributed by atoms with Crippen molar-refractivity contribution in [3.05, 3.63) is 37.4 Å². The maximum Gasteiger partial charge on any atom is 0.183 e. The van der Waals surface area contributed by atoms with E-state index in [4.69, 9.17) is 16.0 Å². The summed E-state index contributed by atoms with van der Waals surface area (Å²) in [6, 6.07) is 1.74. The Hall–Kier alpha value is -0.300. The minimum atomic E-state index is -0.762. The SMILES string of the molecule is CCn1nc(C)c(Cl)c1CC(O)c1cc(Br)c(Br)o1. The molecule has 0 aliphatic carbocycles. The molecule has 0 aliphatic heterocycles. The van der Waals surface area contributed by atoms with Crippen molar-refractivity contribution in [3.8, 4) is 0 Å². The number of aromatic nitrogens is 2. The zero-order valence-electron chi connectivity index (χ0n) is 10.5. The number of hydrogen-bond donors (Lipinski definition) is 1. The van der Waals surface area contributed by atoms with Crippen LogP contribution < -0.4 is 0 Å². The fourth-order valence-electron chi connectivity index (χ4n) is 1.88. The van der Waals surface area contributed by atoms with Gasteiger partial charge in [-0.1, -0.05) is 11.6 Å². The summed E-state index contributed by atoms with van der Waals surface area (Å²) < 4.78 is 8.55. The minimum absolute atomic E-state index is 0.361. The predicted octanol–water partition coefficient (Wildman–Crippen LogP) is 4.26. The summed E-state index contributed by atoms with van der Waals surface area (Å²) in [6.45, 7) is 4.55. The lowest BCUT2D eigenvalue weighted by molar-refractivity contribution is 0.146. The van der Waals surface area contributed by atoms with Crippen molar-refractivity contribution in [2.75, 3.05) is 0 Å². The Bertz CT molecular complexity index is 575. The molecule has 2 heterocycles. The molecule has 0 spiro atoms. The summed E-state index contributed by atoms with van der Waals surface area (Å²) in [5.41, 5.74) is 1.59. The van der Waals surface area contributed by atoms with Crippen molar-refractivity contribution in [2.45, 2.75) is 32.9 Å². The zero-order valence-corrected chi connectivity index (χ0v) is 14.4. The summed E-state index contributed by atoms with van der Waals surface area (Å²) in [5.74, 6) is 0.483. The predicted molar refractivity (Wildman–Crippen MR) is 80.4 cm³/mol. The van der Waals surface area contributed by atoms with E-state index in [0.717, 1.165) is 15.9 Å². The summed E-state index contributed by atoms with van der Waals surface area (Å²) >= 11 is 12.8. The normalized spacial score (nSPS) is 12.9. The Labute approximate surface area is 133 Å². The highest BCUT2D eigenvalue weighted by Gasteiger charge is 2.20. The third-order valence-corrected chi connectivity index (χ3v) is 5.03. The van der Waals surface area contributed by atoms with Crippen LogP contribution >= 0.6 is 43.5 Å². The van der Waals surface area contributed by atoms with Crippen molar-refractivity contribution in [2.24, 2.45) is 0 Å². The van der Waals surface area contributed by atoms with E-state index in [-0.39, 0.29) is 0 Å². The second-order valence-electron chi connectivity index (χ2n) is 4.15. The molecule has 19 heavy (non-hydrogen) atoms. The Balaban J connectivity index is 2.25. The second kappa shape index (κ2) is 5.99. The first-order chi connectivity index (χ1) is 8.93. The Morgan fingerprint density at radius 2 is 2.21 bits per heavy atom. The van der Waals surface area contributed by atoms with Crippen LogP contribution in [0.2, 0.25) is 5.02 Å². The summed E-state index contributed by atoms with van der Waals surface area (Å²) in [4.78, 5) is 0. The number of aliphatic hydroxyl groups is 1. The summed E-state index contributed by atoms with van der Waals surface area (Å²) in [6.07, 6.45) is -0.401. The Kier molecular flexibility index (Phi) is 4.76. The van der Waals surface area contributed by atoms with Gasteiger partial charge in [-0.15, -0.1) is 0 Å². The molecule has 1 atom stereocenters. The number of rotatable bonds is 4. The fraction of sp³-hybridized carbons (Fsp3) is 0.417. The molecule has 7 heteroatoms. The van der Waals surface area contributed by atoms with Crippen molar-refractivity contribution >= 4 is 43.5 Å². The molecule has 1 unspecified atom stereocenters. The molecule has 2 aromatic heterocycles. The minimum Gasteiger partial charge on any atom is -0.450 e. The molecule has 0 saturated heterocycles. The van der Waals surface area contributed by atoms with Crippen molar-refractivity contribution in [1.29, 1.82) is 0 Å². The van der Waals surface area contributed by atoms with Gasteiger partial charge in [-0.2, -0.15) is 5.10 Å². The average Bonchev–Trinajstić information content (AvgIpc) is 2.84. The van der Waals surface area contributed by atoms with Gasteiger partial charge in [0.05, 0.1) is 20.9 Å². The van der Waals surface area contributed by atoms with Crippen LogP contribution in [0.5, 0.6) is 0 Å². The molecule has 104 valence electrons. The van der Waals surface area contributed by atoms with Crippen LogP contribution in [0.15, 0.2) is 19.6 Å². The number of aryl methyl sites for hydroxylation is 2. The first-order valence-corrected chi connectivity index (χ1v) is 7.75. The highest BCUT2D eigenvalue weighted by molar-refractivity contribution is 9.13. The highest BCUT2D eigenvalue weighted by atomic mass is 79.9. The Morgan fingerprint density at radius 1 is 1.53 bits per heavy atom. The highest BCUT2D eigenvalue weighted by Crippen LogP contribution is 2.32. The van der Waals surface area contributed by atoms with Crippen molar-refractivity contribution < 1.29 is 9.52 Å². The molecule has 0 aromatic carbocycles. The zero-order chi connectivity index (χ0) is 14.2. The van der Waals surface area contributed by atoms with Gasteiger partial charge in [0.1, 0.15) is 11.9 Å². The van der Waals surface area contributed by atoms with Crippen LogP contribution in [0.25, 0.3) is 0 Å². The number of nitrogens with zero attached hydrogens (tertiary/aromatic N) is 2. The van der Waals surface area contributed by atoms with E-state index in [1.54, 1.807) is 10.7 Å². The lowest BCUT2D eigenvalue weighted by atomic mass is 10.1. The lowest BCUT2D eigenvalue weighted by Crippen LogP contribution is -2.08. The molecular weight excluding hydrogens is 399 g/mol. The van der Waals surface area contributed by atoms with E-state index in [1.165, 1.54) is 0 Å². The van der Waals surface area contributed by atoms with Gasteiger partial charge in [0, 0.05) is 13.0 Å². The Morgan fingerprint density at radius 3 is 2.74 bits per heavy atom. The number of halogens is 3. The lowest BCUT2D eigenvalue weighted by Gasteiger charge is -2.09. The van der Waals surface area contributed by atoms with E-state index >= 15 is 0 Å². The van der Waals surface area contributed by atoms with Gasteiger partial charge >= 0.3 is 0 Å². The molecule has 0 fully saturated rings. The number of hydrogen-bond acceptors (Lipinski definition) is 3. The molecule has 0 aliphatic rings. The van der Waals surface area contributed by atoms with Gasteiger partial charge in [0.25, 0.3) is 0 Å². The van der Waals surface area contributed by atoms with Crippen LogP contribution in [0.1, 0.15) is 30.2 Å². The monoisotopic (exact) mass is 410 g/mol. The quantitative estimate of drug-likeness (QED) is 0.816. The first kappa shape index (κ1) is 15.1. The van der Waals surface area contributed by atoms with Crippen LogP contribution in [-0.4, -0.2) is 14.9 Å². The summed E-state index contributed by atoms with van der Waals surface area (Å²) in [7, 11) is 0. The molecular formula is C12H13Br2ClN2O2. The van der Waals surface area contributed by atoms with Crippen molar-refractivity contribution in [3.63, 3.8) is 0 Å². The molecule has 2 rings (SSSR count).